The Balaban J connectivity index is 1.93. The second kappa shape index (κ2) is 4.98. The number of aromatic nitrogens is 1. The summed E-state index contributed by atoms with van der Waals surface area (Å²) in [6.45, 7) is 5.00. The molecule has 3 heteroatoms. The Morgan fingerprint density at radius 1 is 1.00 bits per heavy atom. The van der Waals surface area contributed by atoms with E-state index in [1.165, 1.54) is 27.6 Å². The molecule has 0 N–H and O–H groups in total. The molecule has 1 aromatic heterocycles. The summed E-state index contributed by atoms with van der Waals surface area (Å²) in [6, 6.07) is 14.3. The molecular weight excluding hydrogens is 284 g/mol. The van der Waals surface area contributed by atoms with Crippen LogP contribution in [0.2, 0.25) is 0 Å². The number of amides is 1. The largest absolute Gasteiger partial charge is 0.339 e. The van der Waals surface area contributed by atoms with E-state index < -0.39 is 0 Å². The quantitative estimate of drug-likeness (QED) is 0.667. The van der Waals surface area contributed by atoms with Gasteiger partial charge >= 0.3 is 0 Å². The van der Waals surface area contributed by atoms with Crippen LogP contribution in [0.25, 0.3) is 10.9 Å². The third-order valence-electron chi connectivity index (χ3n) is 5.08. The van der Waals surface area contributed by atoms with E-state index in [4.69, 9.17) is 0 Å². The first-order valence-corrected chi connectivity index (χ1v) is 8.04. The van der Waals surface area contributed by atoms with Gasteiger partial charge in [0, 0.05) is 24.7 Å². The first kappa shape index (κ1) is 14.1. The molecule has 1 aliphatic rings. The van der Waals surface area contributed by atoms with Crippen LogP contribution in [0.4, 0.5) is 5.69 Å². The fourth-order valence-electron chi connectivity index (χ4n) is 3.75. The second-order valence-electron chi connectivity index (χ2n) is 6.33. The fraction of sp³-hybridized carbons (Fsp3) is 0.250. The maximum absolute atomic E-state index is 13.1. The van der Waals surface area contributed by atoms with Crippen LogP contribution >= 0.6 is 0 Å². The van der Waals surface area contributed by atoms with Crippen molar-refractivity contribution in [3.05, 3.63) is 64.8 Å². The van der Waals surface area contributed by atoms with Crippen LogP contribution in [-0.2, 0) is 13.5 Å². The van der Waals surface area contributed by atoms with Crippen molar-refractivity contribution in [3.8, 4) is 0 Å². The lowest BCUT2D eigenvalue weighted by molar-refractivity contribution is 0.0973. The molecule has 1 aliphatic heterocycles. The van der Waals surface area contributed by atoms with E-state index in [1.54, 1.807) is 0 Å². The second-order valence-corrected chi connectivity index (χ2v) is 6.33. The summed E-state index contributed by atoms with van der Waals surface area (Å²) in [5.41, 5.74) is 6.73. The summed E-state index contributed by atoms with van der Waals surface area (Å²) in [4.78, 5) is 15.0. The number of hydrogen-bond acceptors (Lipinski definition) is 1. The Kier molecular flexibility index (Phi) is 3.05. The zero-order valence-corrected chi connectivity index (χ0v) is 13.8. The van der Waals surface area contributed by atoms with Crippen LogP contribution in [0.15, 0.2) is 42.5 Å². The highest BCUT2D eigenvalue weighted by Gasteiger charge is 2.31. The molecule has 3 aromatic rings. The van der Waals surface area contributed by atoms with Gasteiger partial charge in [-0.1, -0.05) is 30.3 Å². The minimum absolute atomic E-state index is 0.105. The maximum Gasteiger partial charge on any atom is 0.275 e. The van der Waals surface area contributed by atoms with E-state index in [0.29, 0.717) is 0 Å². The van der Waals surface area contributed by atoms with E-state index in [1.807, 2.05) is 42.3 Å². The summed E-state index contributed by atoms with van der Waals surface area (Å²) < 4.78 is 2.09. The van der Waals surface area contributed by atoms with Gasteiger partial charge in [0.15, 0.2) is 0 Å². The Morgan fingerprint density at radius 2 is 1.74 bits per heavy atom. The van der Waals surface area contributed by atoms with Gasteiger partial charge in [0.05, 0.1) is 5.52 Å². The number of fused-ring (bicyclic) bond motifs is 3. The molecule has 0 aliphatic carbocycles. The summed E-state index contributed by atoms with van der Waals surface area (Å²) in [5, 5.41) is 1.23. The van der Waals surface area contributed by atoms with Gasteiger partial charge in [-0.2, -0.15) is 0 Å². The van der Waals surface area contributed by atoms with Crippen molar-refractivity contribution in [1.29, 1.82) is 0 Å². The van der Waals surface area contributed by atoms with Crippen molar-refractivity contribution in [2.24, 2.45) is 7.05 Å². The molecule has 3 nitrogen and oxygen atoms in total. The highest BCUT2D eigenvalue weighted by molar-refractivity contribution is 6.11. The molecule has 2 heterocycles. The van der Waals surface area contributed by atoms with Crippen LogP contribution in [0.3, 0.4) is 0 Å². The first-order valence-electron chi connectivity index (χ1n) is 8.04. The predicted molar refractivity (Wildman–Crippen MR) is 94.2 cm³/mol. The van der Waals surface area contributed by atoms with Gasteiger partial charge in [-0.05, 0) is 49.1 Å². The summed E-state index contributed by atoms with van der Waals surface area (Å²) in [5.74, 6) is 0.105. The smallest absolute Gasteiger partial charge is 0.275 e. The van der Waals surface area contributed by atoms with Crippen LogP contribution < -0.4 is 4.90 Å². The summed E-state index contributed by atoms with van der Waals surface area (Å²) in [7, 11) is 2.01. The normalized spacial score (nSPS) is 14.4. The number of benzene rings is 2. The third kappa shape index (κ3) is 1.93. The zero-order chi connectivity index (χ0) is 16.1. The zero-order valence-electron chi connectivity index (χ0n) is 13.8. The third-order valence-corrected chi connectivity index (χ3v) is 5.08. The minimum atomic E-state index is 0.105. The van der Waals surface area contributed by atoms with Crippen LogP contribution in [0.1, 0.15) is 27.2 Å². The average Bonchev–Trinajstić information content (AvgIpc) is 2.86. The molecule has 1 amide bonds. The van der Waals surface area contributed by atoms with E-state index in [0.717, 1.165) is 24.3 Å². The molecule has 116 valence electrons. The molecule has 0 fully saturated rings. The molecule has 0 spiro atoms. The van der Waals surface area contributed by atoms with Crippen molar-refractivity contribution >= 4 is 22.5 Å². The van der Waals surface area contributed by atoms with Crippen molar-refractivity contribution in [3.63, 3.8) is 0 Å². The molecule has 0 atom stereocenters. The SMILES string of the molecule is Cc1ccc2c3c(n(C)c2c1C)C(=O)N(c1ccccc1)CC3. The van der Waals surface area contributed by atoms with Gasteiger partial charge in [-0.25, -0.2) is 0 Å². The van der Waals surface area contributed by atoms with Gasteiger partial charge in [-0.15, -0.1) is 0 Å². The van der Waals surface area contributed by atoms with Crippen LogP contribution in [0, 0.1) is 13.8 Å². The predicted octanol–water partition coefficient (Wildman–Crippen LogP) is 4.00. The topological polar surface area (TPSA) is 25.2 Å². The van der Waals surface area contributed by atoms with E-state index >= 15 is 0 Å². The summed E-state index contributed by atoms with van der Waals surface area (Å²) in [6.07, 6.45) is 0.899. The molecule has 0 unspecified atom stereocenters. The maximum atomic E-state index is 13.1. The molecule has 0 radical (unpaired) electrons. The summed E-state index contributed by atoms with van der Waals surface area (Å²) >= 11 is 0. The van der Waals surface area contributed by atoms with Gasteiger partial charge < -0.3 is 9.47 Å². The lowest BCUT2D eigenvalue weighted by atomic mass is 9.99. The highest BCUT2D eigenvalue weighted by atomic mass is 16.2. The average molecular weight is 304 g/mol. The number of carbonyl (C=O) groups is 1. The molecule has 0 saturated heterocycles. The Morgan fingerprint density at radius 3 is 2.48 bits per heavy atom. The molecular formula is C20H20N2O. The molecule has 2 aromatic carbocycles. The molecule has 23 heavy (non-hydrogen) atoms. The number of anilines is 1. The number of hydrogen-bond donors (Lipinski definition) is 0. The number of nitrogens with zero attached hydrogens (tertiary/aromatic N) is 2. The Bertz CT molecular complexity index is 922. The minimum Gasteiger partial charge on any atom is -0.339 e. The Hall–Kier alpha value is -2.55. The highest BCUT2D eigenvalue weighted by Crippen LogP contribution is 2.34. The van der Waals surface area contributed by atoms with Crippen LogP contribution in [-0.4, -0.2) is 17.0 Å². The number of aryl methyl sites for hydroxylation is 3. The first-order chi connectivity index (χ1) is 11.1. The molecule has 0 saturated carbocycles. The van der Waals surface area contributed by atoms with E-state index in [2.05, 4.69) is 30.5 Å². The lowest BCUT2D eigenvalue weighted by Gasteiger charge is -2.27. The van der Waals surface area contributed by atoms with Gasteiger partial charge in [0.1, 0.15) is 5.69 Å². The van der Waals surface area contributed by atoms with Gasteiger partial charge in [0.25, 0.3) is 5.91 Å². The fourth-order valence-corrected chi connectivity index (χ4v) is 3.75. The number of carbonyl (C=O) groups excluding carboxylic acids is 1. The number of rotatable bonds is 1. The standard InChI is InChI=1S/C20H20N2O/c1-13-9-10-16-17-11-12-22(15-7-5-4-6-8-15)20(23)19(17)21(3)18(16)14(13)2/h4-10H,11-12H2,1-3H3. The van der Waals surface area contributed by atoms with Crippen LogP contribution in [0.5, 0.6) is 0 Å². The Labute approximate surface area is 136 Å². The van der Waals surface area contributed by atoms with Crippen molar-refractivity contribution in [1.82, 2.24) is 4.57 Å². The molecule has 0 bridgehead atoms. The van der Waals surface area contributed by atoms with Gasteiger partial charge in [-0.3, -0.25) is 4.79 Å². The van der Waals surface area contributed by atoms with Crippen molar-refractivity contribution < 1.29 is 4.79 Å². The van der Waals surface area contributed by atoms with E-state index in [9.17, 15) is 4.79 Å². The lowest BCUT2D eigenvalue weighted by Crippen LogP contribution is -2.38. The van der Waals surface area contributed by atoms with Gasteiger partial charge in [0.2, 0.25) is 0 Å². The van der Waals surface area contributed by atoms with Crippen molar-refractivity contribution in [2.45, 2.75) is 20.3 Å². The molecule has 4 rings (SSSR count). The number of para-hydroxylation sites is 1. The van der Waals surface area contributed by atoms with E-state index in [-0.39, 0.29) is 5.91 Å². The monoisotopic (exact) mass is 304 g/mol. The van der Waals surface area contributed by atoms with Crippen molar-refractivity contribution in [2.75, 3.05) is 11.4 Å².